The molecule has 4 N–H and O–H groups in total. The van der Waals surface area contributed by atoms with Gasteiger partial charge in [-0.05, 0) is 10.4 Å². The van der Waals surface area contributed by atoms with Crippen molar-refractivity contribution in [3.8, 4) is 24.7 Å². The van der Waals surface area contributed by atoms with Crippen LogP contribution < -0.4 is 11.1 Å². The van der Waals surface area contributed by atoms with Crippen LogP contribution >= 0.6 is 34.9 Å². The zero-order chi connectivity index (χ0) is 26.6. The van der Waals surface area contributed by atoms with Crippen molar-refractivity contribution in [1.29, 1.82) is 0 Å². The Balaban J connectivity index is 1.43. The molecule has 17 heteroatoms. The van der Waals surface area contributed by atoms with Crippen LogP contribution in [0, 0.1) is 30.1 Å². The first-order valence-corrected chi connectivity index (χ1v) is 13.3. The Morgan fingerprint density at radius 3 is 2.92 bits per heavy atom. The molecule has 192 valence electrons. The van der Waals surface area contributed by atoms with Crippen LogP contribution in [0.25, 0.3) is 0 Å². The molecule has 2 aliphatic heterocycles. The number of carboxylic acid groups (broad SMARTS) is 1. The molecule has 4 rings (SSSR count). The minimum Gasteiger partial charge on any atom is -0.481 e. The van der Waals surface area contributed by atoms with E-state index < -0.39 is 34.6 Å². The maximum atomic E-state index is 13.0. The Kier molecular flexibility index (Phi) is 7.86. The Labute approximate surface area is 222 Å². The molecular formula is C20H19N9O5S3. The number of thioether (sulfide) groups is 2. The van der Waals surface area contributed by atoms with Crippen molar-refractivity contribution in [3.05, 3.63) is 11.1 Å². The highest BCUT2D eigenvalue weighted by Gasteiger charge is 2.57. The van der Waals surface area contributed by atoms with Crippen molar-refractivity contribution >= 4 is 63.5 Å². The number of anilines is 1. The monoisotopic (exact) mass is 561 g/mol. The van der Waals surface area contributed by atoms with E-state index in [9.17, 15) is 19.5 Å². The van der Waals surface area contributed by atoms with Gasteiger partial charge in [0.2, 0.25) is 11.1 Å². The molecule has 2 aliphatic rings. The molecule has 2 amide bonds. The lowest BCUT2D eigenvalue weighted by Crippen LogP contribution is -2.74. The summed E-state index contributed by atoms with van der Waals surface area (Å²) in [7, 11) is 0. The zero-order valence-corrected chi connectivity index (χ0v) is 21.4. The van der Waals surface area contributed by atoms with Gasteiger partial charge in [-0.2, -0.15) is 0 Å². The lowest BCUT2D eigenvalue weighted by Gasteiger charge is -2.53. The molecule has 37 heavy (non-hydrogen) atoms. The number of nitrogens with one attached hydrogen (secondary N) is 1. The standard InChI is InChI=1S/C20H19N9O5S3/c1-3-5-29-19(24-26-27-29)37-10-20(17(32)33)8-28-15(31)13(16(28)36-9-20)23-14(30)12(25-34-6-4-2)11-7-35-18(21)22-11/h1-2,7,13,16H,5-6,8-10H2,(H2,21,22)(H,23,30)(H,32,33)/t13?,16-,20?/m1/s1. The number of terminal acetylenes is 2. The van der Waals surface area contributed by atoms with Gasteiger partial charge in [-0.3, -0.25) is 14.4 Å². The third-order valence-corrected chi connectivity index (χ3v) is 8.89. The van der Waals surface area contributed by atoms with Crippen LogP contribution in [0.15, 0.2) is 15.7 Å². The molecule has 2 unspecified atom stereocenters. The number of rotatable bonds is 10. The topological polar surface area (TPSA) is 191 Å². The SMILES string of the molecule is C#CCON=C(C(=O)NC1C(=O)N2CC(CSc3nnnn3CC#C)(C(=O)O)CS[C@H]12)c1csc(N)n1. The summed E-state index contributed by atoms with van der Waals surface area (Å²) in [6.07, 6.45) is 10.5. The number of carboxylic acids is 1. The molecule has 0 saturated carbocycles. The predicted octanol–water partition coefficient (Wildman–Crippen LogP) is -1.04. The minimum absolute atomic E-state index is 0.0379. The van der Waals surface area contributed by atoms with Crippen LogP contribution in [-0.2, 0) is 25.8 Å². The lowest BCUT2D eigenvalue weighted by atomic mass is 9.89. The van der Waals surface area contributed by atoms with Crippen molar-refractivity contribution in [2.75, 3.05) is 30.4 Å². The highest BCUT2D eigenvalue weighted by atomic mass is 32.2. The maximum Gasteiger partial charge on any atom is 0.313 e. The summed E-state index contributed by atoms with van der Waals surface area (Å²) >= 11 is 3.52. The zero-order valence-electron chi connectivity index (χ0n) is 18.9. The van der Waals surface area contributed by atoms with Crippen molar-refractivity contribution < 1.29 is 24.3 Å². The van der Waals surface area contributed by atoms with Gasteiger partial charge < -0.3 is 25.9 Å². The number of fused-ring (bicyclic) bond motifs is 1. The number of tetrazole rings is 1. The fraction of sp³-hybridized carbons (Fsp3) is 0.400. The van der Waals surface area contributed by atoms with Crippen molar-refractivity contribution in [3.63, 3.8) is 0 Å². The van der Waals surface area contributed by atoms with E-state index in [-0.39, 0.29) is 47.7 Å². The third kappa shape index (κ3) is 5.33. The van der Waals surface area contributed by atoms with Gasteiger partial charge in [-0.1, -0.05) is 28.8 Å². The second-order valence-corrected chi connectivity index (χ2v) is 10.7. The first kappa shape index (κ1) is 26.3. The van der Waals surface area contributed by atoms with Crippen molar-refractivity contribution in [2.45, 2.75) is 23.1 Å². The molecule has 2 fully saturated rings. The second kappa shape index (κ2) is 11.1. The number of hydrogen-bond donors (Lipinski definition) is 3. The van der Waals surface area contributed by atoms with Crippen LogP contribution in [0.1, 0.15) is 5.69 Å². The van der Waals surface area contributed by atoms with E-state index in [0.29, 0.717) is 5.16 Å². The van der Waals surface area contributed by atoms with Gasteiger partial charge >= 0.3 is 5.97 Å². The average molecular weight is 562 g/mol. The molecule has 0 aromatic carbocycles. The molecule has 2 saturated heterocycles. The van der Waals surface area contributed by atoms with Gasteiger partial charge in [0.15, 0.2) is 17.5 Å². The summed E-state index contributed by atoms with van der Waals surface area (Å²) in [5.41, 5.74) is 4.40. The van der Waals surface area contributed by atoms with Crippen molar-refractivity contribution in [1.82, 2.24) is 35.4 Å². The van der Waals surface area contributed by atoms with E-state index in [1.807, 2.05) is 0 Å². The van der Waals surface area contributed by atoms with E-state index in [4.69, 9.17) is 23.4 Å². The highest BCUT2D eigenvalue weighted by Crippen LogP contribution is 2.44. The Bertz CT molecular complexity index is 1330. The van der Waals surface area contributed by atoms with Gasteiger partial charge in [0.1, 0.15) is 29.1 Å². The Morgan fingerprint density at radius 2 is 2.24 bits per heavy atom. The lowest BCUT2D eigenvalue weighted by molar-refractivity contribution is -0.157. The summed E-state index contributed by atoms with van der Waals surface area (Å²) < 4.78 is 1.39. The number of aliphatic carboxylic acids is 1. The first-order chi connectivity index (χ1) is 17.8. The molecule has 2 aromatic rings. The van der Waals surface area contributed by atoms with E-state index >= 15 is 0 Å². The largest absolute Gasteiger partial charge is 0.481 e. The molecule has 0 bridgehead atoms. The van der Waals surface area contributed by atoms with E-state index in [1.165, 1.54) is 26.7 Å². The molecule has 2 aromatic heterocycles. The number of β-lactam (4-membered cyclic amide) rings is 1. The summed E-state index contributed by atoms with van der Waals surface area (Å²) in [6, 6.07) is -0.881. The summed E-state index contributed by atoms with van der Waals surface area (Å²) in [5.74, 6) is 2.80. The fourth-order valence-electron chi connectivity index (χ4n) is 3.54. The first-order valence-electron chi connectivity index (χ1n) is 10.4. The highest BCUT2D eigenvalue weighted by molar-refractivity contribution is 8.00. The average Bonchev–Trinajstić information content (AvgIpc) is 3.52. The number of carbonyl (C=O) groups excluding carboxylic acids is 2. The van der Waals surface area contributed by atoms with E-state index in [0.717, 1.165) is 23.1 Å². The number of carbonyl (C=O) groups is 3. The van der Waals surface area contributed by atoms with Crippen LogP contribution in [0.3, 0.4) is 0 Å². The fourth-order valence-corrected chi connectivity index (χ4v) is 6.82. The minimum atomic E-state index is -1.25. The number of amides is 2. The van der Waals surface area contributed by atoms with Crippen LogP contribution in [0.4, 0.5) is 5.13 Å². The summed E-state index contributed by atoms with van der Waals surface area (Å²) in [6.45, 7) is -0.0655. The van der Waals surface area contributed by atoms with Gasteiger partial charge in [0, 0.05) is 23.4 Å². The smallest absolute Gasteiger partial charge is 0.313 e. The third-order valence-electron chi connectivity index (χ3n) is 5.39. The summed E-state index contributed by atoms with van der Waals surface area (Å²) in [5, 5.41) is 29.3. The van der Waals surface area contributed by atoms with E-state index in [1.54, 1.807) is 0 Å². The Morgan fingerprint density at radius 1 is 1.43 bits per heavy atom. The second-order valence-electron chi connectivity index (χ2n) is 7.80. The summed E-state index contributed by atoms with van der Waals surface area (Å²) in [4.78, 5) is 48.6. The number of oxime groups is 1. The number of nitrogen functional groups attached to an aromatic ring is 1. The number of nitrogens with two attached hydrogens (primary N) is 1. The number of thiazole rings is 1. The molecule has 0 aliphatic carbocycles. The molecule has 3 atom stereocenters. The Hall–Kier alpha value is -3.80. The molecular weight excluding hydrogens is 542 g/mol. The molecule has 0 radical (unpaired) electrons. The van der Waals surface area contributed by atoms with Crippen LogP contribution in [-0.4, -0.2) is 94.8 Å². The predicted molar refractivity (Wildman–Crippen MR) is 135 cm³/mol. The number of hydrogen-bond acceptors (Lipinski definition) is 13. The van der Waals surface area contributed by atoms with Gasteiger partial charge in [0.05, 0.1) is 0 Å². The normalized spacial score (nSPS) is 22.8. The van der Waals surface area contributed by atoms with Gasteiger partial charge in [-0.15, -0.1) is 41.0 Å². The van der Waals surface area contributed by atoms with Gasteiger partial charge in [0.25, 0.3) is 5.91 Å². The van der Waals surface area contributed by atoms with Gasteiger partial charge in [-0.25, -0.2) is 9.67 Å². The molecule has 0 spiro atoms. The quantitative estimate of drug-likeness (QED) is 0.0799. The van der Waals surface area contributed by atoms with E-state index in [2.05, 4.69) is 42.8 Å². The molecule has 14 nitrogen and oxygen atoms in total. The van der Waals surface area contributed by atoms with Crippen LogP contribution in [0.2, 0.25) is 0 Å². The van der Waals surface area contributed by atoms with Crippen molar-refractivity contribution in [2.24, 2.45) is 10.6 Å². The van der Waals surface area contributed by atoms with Crippen LogP contribution in [0.5, 0.6) is 0 Å². The number of nitrogens with zero attached hydrogens (tertiary/aromatic N) is 7. The maximum absolute atomic E-state index is 13.0. The number of aromatic nitrogens is 5. The molecule has 4 heterocycles.